The highest BCUT2D eigenvalue weighted by molar-refractivity contribution is 7.92. The predicted molar refractivity (Wildman–Crippen MR) is 77.7 cm³/mol. The number of nitrogens with one attached hydrogen (secondary N) is 1. The molecule has 0 aromatic carbocycles. The molecular formula is C12H19N3O7S. The van der Waals surface area contributed by atoms with Crippen molar-refractivity contribution in [3.05, 3.63) is 18.5 Å². The van der Waals surface area contributed by atoms with Crippen LogP contribution in [0.1, 0.15) is 6.42 Å². The fourth-order valence-corrected chi connectivity index (χ4v) is 3.19. The van der Waals surface area contributed by atoms with Gasteiger partial charge in [0.05, 0.1) is 11.9 Å². The maximum Gasteiger partial charge on any atom is 0.236 e. The van der Waals surface area contributed by atoms with Gasteiger partial charge in [-0.3, -0.25) is 4.72 Å². The second-order valence-corrected chi connectivity index (χ2v) is 6.87. The number of aliphatic hydroxyl groups excluding tert-OH is 3. The second-order valence-electron chi connectivity index (χ2n) is 5.03. The number of methoxy groups -OCH3 is 1. The van der Waals surface area contributed by atoms with Crippen molar-refractivity contribution in [3.63, 3.8) is 0 Å². The zero-order valence-electron chi connectivity index (χ0n) is 12.3. The van der Waals surface area contributed by atoms with E-state index in [0.717, 1.165) is 0 Å². The molecule has 0 bridgehead atoms. The molecule has 1 aliphatic rings. The van der Waals surface area contributed by atoms with Crippen molar-refractivity contribution >= 4 is 16.0 Å². The molecule has 1 saturated heterocycles. The molecule has 5 atom stereocenters. The summed E-state index contributed by atoms with van der Waals surface area (Å²) in [5.41, 5.74) is 0. The monoisotopic (exact) mass is 349 g/mol. The summed E-state index contributed by atoms with van der Waals surface area (Å²) < 4.78 is 36.3. The average molecular weight is 349 g/mol. The van der Waals surface area contributed by atoms with E-state index >= 15 is 0 Å². The minimum Gasteiger partial charge on any atom is -0.388 e. The van der Waals surface area contributed by atoms with E-state index in [1.807, 2.05) is 0 Å². The molecule has 0 saturated carbocycles. The Kier molecular flexibility index (Phi) is 5.84. The van der Waals surface area contributed by atoms with E-state index in [1.54, 1.807) is 6.07 Å². The maximum absolute atomic E-state index is 12.0. The largest absolute Gasteiger partial charge is 0.388 e. The fraction of sp³-hybridized carbons (Fsp3) is 0.667. The van der Waals surface area contributed by atoms with Crippen molar-refractivity contribution in [2.45, 2.75) is 37.1 Å². The maximum atomic E-state index is 12.0. The predicted octanol–water partition coefficient (Wildman–Crippen LogP) is -1.94. The molecule has 1 aliphatic heterocycles. The van der Waals surface area contributed by atoms with E-state index in [2.05, 4.69) is 14.7 Å². The second kappa shape index (κ2) is 7.47. The smallest absolute Gasteiger partial charge is 0.236 e. The number of hydrogen-bond donors (Lipinski definition) is 4. The van der Waals surface area contributed by atoms with E-state index in [1.165, 1.54) is 19.5 Å². The fourth-order valence-electron chi connectivity index (χ4n) is 2.16. The summed E-state index contributed by atoms with van der Waals surface area (Å²) in [5.74, 6) is -0.463. The van der Waals surface area contributed by atoms with Gasteiger partial charge in [-0.15, -0.1) is 0 Å². The summed E-state index contributed by atoms with van der Waals surface area (Å²) >= 11 is 0. The van der Waals surface area contributed by atoms with E-state index in [4.69, 9.17) is 9.47 Å². The average Bonchev–Trinajstić information content (AvgIpc) is 2.52. The van der Waals surface area contributed by atoms with Crippen LogP contribution in [0.5, 0.6) is 0 Å². The van der Waals surface area contributed by atoms with Crippen molar-refractivity contribution in [1.82, 2.24) is 9.97 Å². The first-order valence-electron chi connectivity index (χ1n) is 6.84. The van der Waals surface area contributed by atoms with Crippen molar-refractivity contribution in [2.24, 2.45) is 0 Å². The quantitative estimate of drug-likeness (QED) is 0.460. The molecule has 1 aromatic rings. The molecule has 2 heterocycles. The van der Waals surface area contributed by atoms with Crippen LogP contribution in [0, 0.1) is 0 Å². The zero-order chi connectivity index (χ0) is 17.0. The number of hydrogen-bond acceptors (Lipinski definition) is 9. The Morgan fingerprint density at radius 2 is 1.87 bits per heavy atom. The van der Waals surface area contributed by atoms with Gasteiger partial charge in [0.1, 0.15) is 18.3 Å². The Balaban J connectivity index is 1.96. The van der Waals surface area contributed by atoms with Gasteiger partial charge in [0.15, 0.2) is 6.29 Å². The standard InChI is InChI=1S/C12H19N3O7S/c1-21-11-10(18)9(17)8(16)7(22-11)3-6-23(19,20)15-12-13-4-2-5-14-12/h2,4-5,7-11,16-18H,3,6H2,1H3,(H,13,14,15)/t7-,8-,9+,10+,11+/m1/s1. The molecule has 0 unspecified atom stereocenters. The molecule has 130 valence electrons. The number of aromatic nitrogens is 2. The number of nitrogens with zero attached hydrogens (tertiary/aromatic N) is 2. The van der Waals surface area contributed by atoms with E-state index in [-0.39, 0.29) is 12.4 Å². The summed E-state index contributed by atoms with van der Waals surface area (Å²) in [6.45, 7) is 0. The van der Waals surface area contributed by atoms with Crippen molar-refractivity contribution < 1.29 is 33.2 Å². The van der Waals surface area contributed by atoms with Gasteiger partial charge >= 0.3 is 0 Å². The Labute approximate surface area is 133 Å². The van der Waals surface area contributed by atoms with Crippen LogP contribution in [0.15, 0.2) is 18.5 Å². The van der Waals surface area contributed by atoms with Crippen LogP contribution in [0.2, 0.25) is 0 Å². The first kappa shape index (κ1) is 18.0. The molecule has 0 amide bonds. The van der Waals surface area contributed by atoms with Crippen molar-refractivity contribution in [1.29, 1.82) is 0 Å². The van der Waals surface area contributed by atoms with Gasteiger partial charge < -0.3 is 24.8 Å². The van der Waals surface area contributed by atoms with E-state index < -0.39 is 46.5 Å². The number of rotatable bonds is 6. The molecule has 1 fully saturated rings. The molecule has 10 nitrogen and oxygen atoms in total. The summed E-state index contributed by atoms with van der Waals surface area (Å²) in [4.78, 5) is 7.49. The molecule has 11 heteroatoms. The van der Waals surface area contributed by atoms with Crippen molar-refractivity contribution in [3.8, 4) is 0 Å². The van der Waals surface area contributed by atoms with Gasteiger partial charge in [-0.2, -0.15) is 0 Å². The highest BCUT2D eigenvalue weighted by atomic mass is 32.2. The Bertz CT molecular complexity index is 598. The zero-order valence-corrected chi connectivity index (χ0v) is 13.1. The number of anilines is 1. The number of aliphatic hydroxyl groups is 3. The lowest BCUT2D eigenvalue weighted by Gasteiger charge is -2.39. The van der Waals surface area contributed by atoms with Crippen LogP contribution < -0.4 is 4.72 Å². The lowest BCUT2D eigenvalue weighted by Crippen LogP contribution is -2.58. The first-order valence-corrected chi connectivity index (χ1v) is 8.49. The van der Waals surface area contributed by atoms with Crippen LogP contribution in [0.4, 0.5) is 5.95 Å². The molecule has 0 spiro atoms. The van der Waals surface area contributed by atoms with Crippen LogP contribution in [0.25, 0.3) is 0 Å². The SMILES string of the molecule is CO[C@H]1O[C@H](CCS(=O)(=O)Nc2ncccn2)[C@@H](O)[C@H](O)[C@@H]1O. The lowest BCUT2D eigenvalue weighted by atomic mass is 9.97. The van der Waals surface area contributed by atoms with Crippen LogP contribution in [-0.2, 0) is 19.5 Å². The highest BCUT2D eigenvalue weighted by Gasteiger charge is 2.44. The first-order chi connectivity index (χ1) is 10.8. The molecular weight excluding hydrogens is 330 g/mol. The van der Waals surface area contributed by atoms with Crippen LogP contribution in [0.3, 0.4) is 0 Å². The Hall–Kier alpha value is -1.37. The van der Waals surface area contributed by atoms with Gasteiger partial charge in [0.2, 0.25) is 16.0 Å². The summed E-state index contributed by atoms with van der Waals surface area (Å²) in [6, 6.07) is 1.54. The third-order valence-electron chi connectivity index (χ3n) is 3.38. The Morgan fingerprint density at radius 1 is 1.22 bits per heavy atom. The molecule has 0 radical (unpaired) electrons. The van der Waals surface area contributed by atoms with Gasteiger partial charge in [0.25, 0.3) is 0 Å². The molecule has 4 N–H and O–H groups in total. The van der Waals surface area contributed by atoms with E-state index in [9.17, 15) is 23.7 Å². The lowest BCUT2D eigenvalue weighted by molar-refractivity contribution is -0.289. The number of ether oxygens (including phenoxy) is 2. The molecule has 0 aliphatic carbocycles. The summed E-state index contributed by atoms with van der Waals surface area (Å²) in [7, 11) is -2.50. The third-order valence-corrected chi connectivity index (χ3v) is 4.65. The van der Waals surface area contributed by atoms with Crippen molar-refractivity contribution in [2.75, 3.05) is 17.6 Å². The third kappa shape index (κ3) is 4.56. The minimum atomic E-state index is -3.76. The molecule has 2 rings (SSSR count). The van der Waals surface area contributed by atoms with Gasteiger partial charge in [-0.1, -0.05) is 0 Å². The number of sulfonamides is 1. The minimum absolute atomic E-state index is 0.0668. The summed E-state index contributed by atoms with van der Waals surface area (Å²) in [6.07, 6.45) is -3.84. The molecule has 23 heavy (non-hydrogen) atoms. The van der Waals surface area contributed by atoms with E-state index in [0.29, 0.717) is 0 Å². The normalized spacial score (nSPS) is 31.7. The molecule has 1 aromatic heterocycles. The van der Waals surface area contributed by atoms with Gasteiger partial charge in [-0.05, 0) is 12.5 Å². The highest BCUT2D eigenvalue weighted by Crippen LogP contribution is 2.24. The van der Waals surface area contributed by atoms with Gasteiger partial charge in [-0.25, -0.2) is 18.4 Å². The Morgan fingerprint density at radius 3 is 2.48 bits per heavy atom. The summed E-state index contributed by atoms with van der Waals surface area (Å²) in [5, 5.41) is 29.3. The van der Waals surface area contributed by atoms with Crippen LogP contribution >= 0.6 is 0 Å². The van der Waals surface area contributed by atoms with Gasteiger partial charge in [0, 0.05) is 19.5 Å². The topological polar surface area (TPSA) is 151 Å². The van der Waals surface area contributed by atoms with Crippen LogP contribution in [-0.4, -0.2) is 77.3 Å².